The van der Waals surface area contributed by atoms with Gasteiger partial charge in [0.25, 0.3) is 0 Å². The van der Waals surface area contributed by atoms with E-state index in [-0.39, 0.29) is 18.4 Å². The summed E-state index contributed by atoms with van der Waals surface area (Å²) < 4.78 is 0. The van der Waals surface area contributed by atoms with Crippen LogP contribution < -0.4 is 5.32 Å². The Kier molecular flexibility index (Phi) is 4.76. The van der Waals surface area contributed by atoms with Gasteiger partial charge in [0.2, 0.25) is 11.8 Å². The molecule has 0 unspecified atom stereocenters. The van der Waals surface area contributed by atoms with E-state index >= 15 is 0 Å². The maximum absolute atomic E-state index is 12.0. The number of hydrogen-bond donors (Lipinski definition) is 1. The third kappa shape index (κ3) is 3.67. The molecule has 0 bridgehead atoms. The predicted octanol–water partition coefficient (Wildman–Crippen LogP) is 1.85. The van der Waals surface area contributed by atoms with Crippen LogP contribution in [0.3, 0.4) is 0 Å². The van der Waals surface area contributed by atoms with Crippen molar-refractivity contribution in [1.29, 1.82) is 0 Å². The number of nitrogens with zero attached hydrogens (tertiary/aromatic N) is 1. The highest BCUT2D eigenvalue weighted by Gasteiger charge is 2.18. The van der Waals surface area contributed by atoms with E-state index < -0.39 is 0 Å². The van der Waals surface area contributed by atoms with Crippen molar-refractivity contribution in [2.75, 3.05) is 19.6 Å². The second-order valence-corrected chi connectivity index (χ2v) is 6.35. The van der Waals surface area contributed by atoms with Gasteiger partial charge in [-0.3, -0.25) is 9.59 Å². The molecule has 0 radical (unpaired) electrons. The molecule has 0 spiro atoms. The molecule has 1 aromatic carbocycles. The summed E-state index contributed by atoms with van der Waals surface area (Å²) in [5.74, 6) is -0.0282. The lowest BCUT2D eigenvalue weighted by atomic mass is 9.90. The largest absolute Gasteiger partial charge is 0.347 e. The van der Waals surface area contributed by atoms with Crippen LogP contribution in [-0.2, 0) is 28.9 Å². The summed E-state index contributed by atoms with van der Waals surface area (Å²) in [7, 11) is 0. The molecule has 1 heterocycles. The van der Waals surface area contributed by atoms with Gasteiger partial charge in [-0.05, 0) is 55.2 Å². The topological polar surface area (TPSA) is 49.4 Å². The number of benzene rings is 1. The molecule has 1 aliphatic carbocycles. The van der Waals surface area contributed by atoms with E-state index in [2.05, 4.69) is 17.4 Å². The van der Waals surface area contributed by atoms with Crippen LogP contribution in [0.1, 0.15) is 42.4 Å². The SMILES string of the molecule is O=C(Cc1ccc2c(c1)CCCC2)NCC(=O)N1CCCC1. The van der Waals surface area contributed by atoms with Gasteiger partial charge in [-0.15, -0.1) is 0 Å². The van der Waals surface area contributed by atoms with Crippen LogP contribution >= 0.6 is 0 Å². The number of fused-ring (bicyclic) bond motifs is 1. The molecule has 3 rings (SSSR count). The molecule has 118 valence electrons. The van der Waals surface area contributed by atoms with Gasteiger partial charge in [-0.2, -0.15) is 0 Å². The first-order valence-electron chi connectivity index (χ1n) is 8.37. The third-order valence-electron chi connectivity index (χ3n) is 4.67. The summed E-state index contributed by atoms with van der Waals surface area (Å²) in [6.07, 6.45) is 7.31. The summed E-state index contributed by atoms with van der Waals surface area (Å²) in [6, 6.07) is 6.37. The van der Waals surface area contributed by atoms with Gasteiger partial charge in [0.05, 0.1) is 13.0 Å². The van der Waals surface area contributed by atoms with E-state index in [1.807, 2.05) is 11.0 Å². The van der Waals surface area contributed by atoms with Gasteiger partial charge in [0, 0.05) is 13.1 Å². The maximum atomic E-state index is 12.0. The highest BCUT2D eigenvalue weighted by Crippen LogP contribution is 2.22. The van der Waals surface area contributed by atoms with E-state index in [1.54, 1.807) is 0 Å². The minimum absolute atomic E-state index is 0.0382. The minimum Gasteiger partial charge on any atom is -0.347 e. The number of likely N-dealkylation sites (tertiary alicyclic amines) is 1. The summed E-state index contributed by atoms with van der Waals surface area (Å²) in [5, 5.41) is 2.76. The molecule has 0 aromatic heterocycles. The first-order chi connectivity index (χ1) is 10.7. The van der Waals surface area contributed by atoms with Crippen LogP contribution in [0.4, 0.5) is 0 Å². The molecule has 4 nitrogen and oxygen atoms in total. The lowest BCUT2D eigenvalue weighted by molar-refractivity contribution is -0.131. The molecular formula is C18H24N2O2. The molecule has 2 amide bonds. The third-order valence-corrected chi connectivity index (χ3v) is 4.67. The fourth-order valence-corrected chi connectivity index (χ4v) is 3.40. The molecule has 1 aromatic rings. The zero-order valence-corrected chi connectivity index (χ0v) is 13.1. The van der Waals surface area contributed by atoms with Crippen LogP contribution in [0.15, 0.2) is 18.2 Å². The number of aryl methyl sites for hydroxylation is 2. The van der Waals surface area contributed by atoms with Crippen molar-refractivity contribution in [2.24, 2.45) is 0 Å². The Bertz CT molecular complexity index is 562. The summed E-state index contributed by atoms with van der Waals surface area (Å²) in [6.45, 7) is 1.79. The molecule has 22 heavy (non-hydrogen) atoms. The fraction of sp³-hybridized carbons (Fsp3) is 0.556. The second kappa shape index (κ2) is 6.95. The smallest absolute Gasteiger partial charge is 0.241 e. The minimum atomic E-state index is -0.0664. The van der Waals surface area contributed by atoms with Crippen molar-refractivity contribution < 1.29 is 9.59 Å². The monoisotopic (exact) mass is 300 g/mol. The van der Waals surface area contributed by atoms with Gasteiger partial charge in [-0.1, -0.05) is 18.2 Å². The fourth-order valence-electron chi connectivity index (χ4n) is 3.40. The van der Waals surface area contributed by atoms with Crippen LogP contribution in [0, 0.1) is 0 Å². The average Bonchev–Trinajstić information content (AvgIpc) is 3.07. The van der Waals surface area contributed by atoms with Crippen molar-refractivity contribution >= 4 is 11.8 Å². The molecule has 0 saturated carbocycles. The maximum Gasteiger partial charge on any atom is 0.241 e. The molecule has 1 aliphatic heterocycles. The van der Waals surface area contributed by atoms with Crippen LogP contribution in [0.2, 0.25) is 0 Å². The van der Waals surface area contributed by atoms with Crippen LogP contribution in [-0.4, -0.2) is 36.3 Å². The second-order valence-electron chi connectivity index (χ2n) is 6.35. The van der Waals surface area contributed by atoms with E-state index in [0.29, 0.717) is 6.42 Å². The molecule has 1 saturated heterocycles. The molecule has 0 atom stereocenters. The first-order valence-corrected chi connectivity index (χ1v) is 8.37. The number of hydrogen-bond acceptors (Lipinski definition) is 2. The predicted molar refractivity (Wildman–Crippen MR) is 85.6 cm³/mol. The van der Waals surface area contributed by atoms with Crippen molar-refractivity contribution in [3.63, 3.8) is 0 Å². The summed E-state index contributed by atoms with van der Waals surface area (Å²) in [4.78, 5) is 25.8. The Morgan fingerprint density at radius 3 is 2.50 bits per heavy atom. The van der Waals surface area contributed by atoms with E-state index in [0.717, 1.165) is 44.3 Å². The van der Waals surface area contributed by atoms with Gasteiger partial charge >= 0.3 is 0 Å². The van der Waals surface area contributed by atoms with E-state index in [4.69, 9.17) is 0 Å². The van der Waals surface area contributed by atoms with Crippen molar-refractivity contribution in [1.82, 2.24) is 10.2 Å². The Balaban J connectivity index is 1.50. The van der Waals surface area contributed by atoms with Gasteiger partial charge in [-0.25, -0.2) is 0 Å². The number of carbonyl (C=O) groups excluding carboxylic acids is 2. The Morgan fingerprint density at radius 2 is 1.73 bits per heavy atom. The first kappa shape index (κ1) is 15.1. The van der Waals surface area contributed by atoms with Crippen molar-refractivity contribution in [2.45, 2.75) is 44.9 Å². The quantitative estimate of drug-likeness (QED) is 0.922. The zero-order valence-electron chi connectivity index (χ0n) is 13.1. The molecule has 4 heteroatoms. The zero-order chi connectivity index (χ0) is 15.4. The van der Waals surface area contributed by atoms with Crippen molar-refractivity contribution in [3.8, 4) is 0 Å². The molecule has 1 fully saturated rings. The van der Waals surface area contributed by atoms with Gasteiger partial charge < -0.3 is 10.2 Å². The highest BCUT2D eigenvalue weighted by molar-refractivity contribution is 5.85. The number of rotatable bonds is 4. The van der Waals surface area contributed by atoms with E-state index in [1.165, 1.54) is 24.0 Å². The summed E-state index contributed by atoms with van der Waals surface area (Å²) in [5.41, 5.74) is 3.87. The van der Waals surface area contributed by atoms with Gasteiger partial charge in [0.15, 0.2) is 0 Å². The Labute approximate surface area is 131 Å². The standard InChI is InChI=1S/C18H24N2O2/c21-17(19-13-18(22)20-9-3-4-10-20)12-14-7-8-15-5-1-2-6-16(15)11-14/h7-8,11H,1-6,9-10,12-13H2,(H,19,21). The summed E-state index contributed by atoms with van der Waals surface area (Å²) >= 11 is 0. The van der Waals surface area contributed by atoms with Gasteiger partial charge in [0.1, 0.15) is 0 Å². The molecule has 2 aliphatic rings. The average molecular weight is 300 g/mol. The number of amides is 2. The normalized spacial score (nSPS) is 17.2. The number of carbonyl (C=O) groups is 2. The lowest BCUT2D eigenvalue weighted by Crippen LogP contribution is -2.39. The van der Waals surface area contributed by atoms with Crippen molar-refractivity contribution in [3.05, 3.63) is 34.9 Å². The van der Waals surface area contributed by atoms with Crippen LogP contribution in [0.25, 0.3) is 0 Å². The molecular weight excluding hydrogens is 276 g/mol. The number of nitrogens with one attached hydrogen (secondary N) is 1. The Hall–Kier alpha value is -1.84. The Morgan fingerprint density at radius 1 is 1.00 bits per heavy atom. The molecule has 1 N–H and O–H groups in total. The highest BCUT2D eigenvalue weighted by atomic mass is 16.2. The lowest BCUT2D eigenvalue weighted by Gasteiger charge is -2.17. The van der Waals surface area contributed by atoms with Crippen LogP contribution in [0.5, 0.6) is 0 Å². The van der Waals surface area contributed by atoms with E-state index in [9.17, 15) is 9.59 Å².